The highest BCUT2D eigenvalue weighted by Gasteiger charge is 2.38. The van der Waals surface area contributed by atoms with Crippen LogP contribution in [0.3, 0.4) is 0 Å². The summed E-state index contributed by atoms with van der Waals surface area (Å²) in [6.45, 7) is 0. The van der Waals surface area contributed by atoms with Gasteiger partial charge in [0.15, 0.2) is 19.7 Å². The summed E-state index contributed by atoms with van der Waals surface area (Å²) >= 11 is 5.80. The van der Waals surface area contributed by atoms with Gasteiger partial charge in [0.05, 0.1) is 21.7 Å². The lowest BCUT2D eigenvalue weighted by Gasteiger charge is -2.11. The summed E-state index contributed by atoms with van der Waals surface area (Å²) in [5, 5.41) is 2.22. The van der Waals surface area contributed by atoms with Gasteiger partial charge in [-0.3, -0.25) is 4.79 Å². The molecule has 3 rings (SSSR count). The standard InChI is InChI=1S/C17H16ClNO5S2/c18-13-4-6-14(7-5-13)19-17(20)12-2-1-3-15(10-12)26(23,24)16-8-9-25(21,22)11-16/h1-7,10,16H,8-9,11H2,(H,19,20). The molecule has 0 spiro atoms. The van der Waals surface area contributed by atoms with Crippen LogP contribution in [0.5, 0.6) is 0 Å². The normalized spacial score (nSPS) is 19.2. The smallest absolute Gasteiger partial charge is 0.255 e. The third-order valence-electron chi connectivity index (χ3n) is 4.16. The molecule has 0 aliphatic carbocycles. The van der Waals surface area contributed by atoms with Crippen LogP contribution in [-0.4, -0.2) is 39.5 Å². The maximum Gasteiger partial charge on any atom is 0.255 e. The van der Waals surface area contributed by atoms with E-state index >= 15 is 0 Å². The molecule has 1 atom stereocenters. The molecule has 2 aromatic carbocycles. The average Bonchev–Trinajstić information content (AvgIpc) is 2.98. The number of sulfone groups is 2. The summed E-state index contributed by atoms with van der Waals surface area (Å²) in [6.07, 6.45) is 0.0753. The Bertz CT molecular complexity index is 1050. The van der Waals surface area contributed by atoms with Crippen LogP contribution in [0.1, 0.15) is 16.8 Å². The van der Waals surface area contributed by atoms with Gasteiger partial charge in [0.25, 0.3) is 5.91 Å². The summed E-state index contributed by atoms with van der Waals surface area (Å²) in [5.41, 5.74) is 0.691. The Hall–Kier alpha value is -1.90. The Morgan fingerprint density at radius 2 is 1.81 bits per heavy atom. The zero-order chi connectivity index (χ0) is 18.9. The lowest BCUT2D eigenvalue weighted by atomic mass is 10.2. The molecule has 6 nitrogen and oxygen atoms in total. The number of anilines is 1. The SMILES string of the molecule is O=C(Nc1ccc(Cl)cc1)c1cccc(S(=O)(=O)C2CCS(=O)(=O)C2)c1. The molecule has 1 aliphatic rings. The van der Waals surface area contributed by atoms with E-state index in [9.17, 15) is 21.6 Å². The van der Waals surface area contributed by atoms with Crippen molar-refractivity contribution in [3.63, 3.8) is 0 Å². The molecular formula is C17H16ClNO5S2. The van der Waals surface area contributed by atoms with E-state index in [0.29, 0.717) is 10.7 Å². The van der Waals surface area contributed by atoms with Gasteiger partial charge in [-0.05, 0) is 48.9 Å². The van der Waals surface area contributed by atoms with Crippen molar-refractivity contribution in [2.75, 3.05) is 16.8 Å². The van der Waals surface area contributed by atoms with E-state index in [4.69, 9.17) is 11.6 Å². The molecule has 138 valence electrons. The molecule has 1 heterocycles. The van der Waals surface area contributed by atoms with Gasteiger partial charge >= 0.3 is 0 Å². The number of nitrogens with one attached hydrogen (secondary N) is 1. The van der Waals surface area contributed by atoms with Crippen LogP contribution < -0.4 is 5.32 Å². The lowest BCUT2D eigenvalue weighted by Crippen LogP contribution is -2.23. The van der Waals surface area contributed by atoms with E-state index in [1.807, 2.05) is 0 Å². The molecule has 1 unspecified atom stereocenters. The average molecular weight is 414 g/mol. The summed E-state index contributed by atoms with van der Waals surface area (Å²) in [4.78, 5) is 12.3. The Balaban J connectivity index is 1.83. The minimum Gasteiger partial charge on any atom is -0.322 e. The third-order valence-corrected chi connectivity index (χ3v) is 8.58. The number of benzene rings is 2. The second kappa shape index (κ2) is 7.02. The van der Waals surface area contributed by atoms with Crippen molar-refractivity contribution >= 4 is 42.9 Å². The van der Waals surface area contributed by atoms with Gasteiger partial charge in [-0.25, -0.2) is 16.8 Å². The van der Waals surface area contributed by atoms with Crippen molar-refractivity contribution in [3.8, 4) is 0 Å². The first kappa shape index (κ1) is 18.9. The Labute approximate surface area is 157 Å². The van der Waals surface area contributed by atoms with E-state index < -0.39 is 30.8 Å². The zero-order valence-corrected chi connectivity index (χ0v) is 15.9. The van der Waals surface area contributed by atoms with Crippen LogP contribution in [-0.2, 0) is 19.7 Å². The van der Waals surface area contributed by atoms with Gasteiger partial charge in [0.1, 0.15) is 0 Å². The highest BCUT2D eigenvalue weighted by Crippen LogP contribution is 2.26. The molecule has 0 radical (unpaired) electrons. The predicted octanol–water partition coefficient (Wildman–Crippen LogP) is 2.55. The number of halogens is 1. The van der Waals surface area contributed by atoms with Crippen molar-refractivity contribution in [3.05, 3.63) is 59.1 Å². The minimum absolute atomic E-state index is 0.0524. The van der Waals surface area contributed by atoms with Gasteiger partial charge < -0.3 is 5.32 Å². The fraction of sp³-hybridized carbons (Fsp3) is 0.235. The zero-order valence-electron chi connectivity index (χ0n) is 13.6. The first-order chi connectivity index (χ1) is 12.2. The fourth-order valence-electron chi connectivity index (χ4n) is 2.75. The van der Waals surface area contributed by atoms with Crippen LogP contribution in [0.2, 0.25) is 5.02 Å². The molecule has 0 aromatic heterocycles. The van der Waals surface area contributed by atoms with E-state index in [2.05, 4.69) is 5.32 Å². The van der Waals surface area contributed by atoms with Crippen molar-refractivity contribution in [2.45, 2.75) is 16.6 Å². The molecule has 26 heavy (non-hydrogen) atoms. The quantitative estimate of drug-likeness (QED) is 0.830. The second-order valence-corrected chi connectivity index (χ2v) is 11.0. The van der Waals surface area contributed by atoms with E-state index in [1.54, 1.807) is 24.3 Å². The molecule has 0 bridgehead atoms. The van der Waals surface area contributed by atoms with Crippen LogP contribution >= 0.6 is 11.6 Å². The highest BCUT2D eigenvalue weighted by molar-refractivity contribution is 7.96. The Morgan fingerprint density at radius 3 is 2.42 bits per heavy atom. The van der Waals surface area contributed by atoms with Crippen LogP contribution in [0.25, 0.3) is 0 Å². The van der Waals surface area contributed by atoms with Gasteiger partial charge in [-0.15, -0.1) is 0 Å². The fourth-order valence-corrected chi connectivity index (χ4v) is 7.28. The van der Waals surface area contributed by atoms with Gasteiger partial charge in [0.2, 0.25) is 0 Å². The van der Waals surface area contributed by atoms with Crippen LogP contribution in [0, 0.1) is 0 Å². The number of carbonyl (C=O) groups excluding carboxylic acids is 1. The number of carbonyl (C=O) groups is 1. The van der Waals surface area contributed by atoms with Crippen LogP contribution in [0.15, 0.2) is 53.4 Å². The van der Waals surface area contributed by atoms with E-state index in [-0.39, 0.29) is 28.4 Å². The molecular weight excluding hydrogens is 398 g/mol. The maximum absolute atomic E-state index is 12.7. The number of amides is 1. The first-order valence-electron chi connectivity index (χ1n) is 7.79. The molecule has 9 heteroatoms. The van der Waals surface area contributed by atoms with Gasteiger partial charge in [0, 0.05) is 16.3 Å². The molecule has 1 N–H and O–H groups in total. The lowest BCUT2D eigenvalue weighted by molar-refractivity contribution is 0.102. The monoisotopic (exact) mass is 413 g/mol. The molecule has 2 aromatic rings. The van der Waals surface area contributed by atoms with Crippen LogP contribution in [0.4, 0.5) is 5.69 Å². The molecule has 1 saturated heterocycles. The second-order valence-electron chi connectivity index (χ2n) is 6.06. The predicted molar refractivity (Wildman–Crippen MR) is 100 cm³/mol. The minimum atomic E-state index is -3.82. The third kappa shape index (κ3) is 4.08. The van der Waals surface area contributed by atoms with Crippen molar-refractivity contribution in [1.29, 1.82) is 0 Å². The molecule has 1 aliphatic heterocycles. The van der Waals surface area contributed by atoms with E-state index in [0.717, 1.165) is 0 Å². The summed E-state index contributed by atoms with van der Waals surface area (Å²) in [6, 6.07) is 12.1. The first-order valence-corrected chi connectivity index (χ1v) is 11.5. The summed E-state index contributed by atoms with van der Waals surface area (Å²) < 4.78 is 48.5. The molecule has 0 saturated carbocycles. The summed E-state index contributed by atoms with van der Waals surface area (Å²) in [7, 11) is -7.15. The molecule has 1 fully saturated rings. The maximum atomic E-state index is 12.7. The topological polar surface area (TPSA) is 97.4 Å². The largest absolute Gasteiger partial charge is 0.322 e. The number of hydrogen-bond donors (Lipinski definition) is 1. The van der Waals surface area contributed by atoms with Crippen molar-refractivity contribution in [1.82, 2.24) is 0 Å². The Kier molecular flexibility index (Phi) is 5.09. The Morgan fingerprint density at radius 1 is 1.12 bits per heavy atom. The van der Waals surface area contributed by atoms with Gasteiger partial charge in [-0.2, -0.15) is 0 Å². The van der Waals surface area contributed by atoms with Gasteiger partial charge in [-0.1, -0.05) is 17.7 Å². The number of rotatable bonds is 4. The molecule has 1 amide bonds. The number of hydrogen-bond acceptors (Lipinski definition) is 5. The summed E-state index contributed by atoms with van der Waals surface area (Å²) in [5.74, 6) is -0.979. The highest BCUT2D eigenvalue weighted by atomic mass is 35.5. The van der Waals surface area contributed by atoms with E-state index in [1.165, 1.54) is 24.3 Å². The van der Waals surface area contributed by atoms with Crippen molar-refractivity contribution in [2.24, 2.45) is 0 Å². The van der Waals surface area contributed by atoms with Crippen molar-refractivity contribution < 1.29 is 21.6 Å².